The van der Waals surface area contributed by atoms with Crippen molar-refractivity contribution in [3.05, 3.63) is 35.4 Å². The molecule has 1 saturated carbocycles. The van der Waals surface area contributed by atoms with E-state index in [1.54, 1.807) is 19.2 Å². The Bertz CT molecular complexity index is 980. The SMILES string of the molecule is CCCOc1ccc([C@H]2[C@H]3C[NH+](C)CC=C3[C@@H](C#N)C(=N)C2(C#N)C#N)cc1OC. The highest BCUT2D eigenvalue weighted by Gasteiger charge is 2.58. The maximum absolute atomic E-state index is 10.1. The van der Waals surface area contributed by atoms with E-state index in [9.17, 15) is 15.8 Å². The Morgan fingerprint density at radius 1 is 1.23 bits per heavy atom. The van der Waals surface area contributed by atoms with E-state index in [0.29, 0.717) is 24.7 Å². The molecule has 154 valence electrons. The summed E-state index contributed by atoms with van der Waals surface area (Å²) in [5, 5.41) is 38.6. The molecule has 1 aromatic rings. The molecule has 0 saturated heterocycles. The Kier molecular flexibility index (Phi) is 6.11. The minimum Gasteiger partial charge on any atom is -0.493 e. The first-order valence-corrected chi connectivity index (χ1v) is 10.1. The molecule has 0 amide bonds. The smallest absolute Gasteiger partial charge is 0.189 e. The number of methoxy groups -OCH3 is 1. The number of hydrogen-bond donors (Lipinski definition) is 2. The van der Waals surface area contributed by atoms with E-state index in [-0.39, 0.29) is 11.6 Å². The van der Waals surface area contributed by atoms with Crippen LogP contribution >= 0.6 is 0 Å². The molecule has 7 nitrogen and oxygen atoms in total. The summed E-state index contributed by atoms with van der Waals surface area (Å²) >= 11 is 0. The van der Waals surface area contributed by atoms with Gasteiger partial charge in [0.2, 0.25) is 0 Å². The quantitative estimate of drug-likeness (QED) is 0.726. The second-order valence-corrected chi connectivity index (χ2v) is 7.92. The van der Waals surface area contributed by atoms with Gasteiger partial charge in [0.25, 0.3) is 0 Å². The number of nitrogens with zero attached hydrogens (tertiary/aromatic N) is 3. The van der Waals surface area contributed by atoms with Gasteiger partial charge in [-0.1, -0.05) is 13.0 Å². The fourth-order valence-corrected chi connectivity index (χ4v) is 4.64. The molecule has 1 fully saturated rings. The lowest BCUT2D eigenvalue weighted by atomic mass is 9.54. The summed E-state index contributed by atoms with van der Waals surface area (Å²) in [5.41, 5.74) is -0.251. The summed E-state index contributed by atoms with van der Waals surface area (Å²) in [4.78, 5) is 1.23. The third kappa shape index (κ3) is 3.30. The summed E-state index contributed by atoms with van der Waals surface area (Å²) < 4.78 is 11.3. The lowest BCUT2D eigenvalue weighted by Gasteiger charge is -2.46. The van der Waals surface area contributed by atoms with Gasteiger partial charge in [0.1, 0.15) is 5.92 Å². The predicted octanol–water partition coefficient (Wildman–Crippen LogP) is 1.85. The Balaban J connectivity index is 2.19. The van der Waals surface area contributed by atoms with Crippen molar-refractivity contribution in [3.63, 3.8) is 0 Å². The number of hydrogen-bond acceptors (Lipinski definition) is 6. The second kappa shape index (κ2) is 8.57. The van der Waals surface area contributed by atoms with E-state index in [2.05, 4.69) is 18.2 Å². The van der Waals surface area contributed by atoms with Gasteiger partial charge < -0.3 is 19.8 Å². The van der Waals surface area contributed by atoms with Gasteiger partial charge in [-0.2, -0.15) is 15.8 Å². The molecule has 2 aliphatic rings. The maximum Gasteiger partial charge on any atom is 0.189 e. The van der Waals surface area contributed by atoms with Crippen LogP contribution in [-0.4, -0.2) is 39.6 Å². The Hall–Kier alpha value is -3.34. The molecule has 1 unspecified atom stereocenters. The highest BCUT2D eigenvalue weighted by molar-refractivity contribution is 6.00. The van der Waals surface area contributed by atoms with E-state index >= 15 is 0 Å². The number of rotatable bonds is 5. The first kappa shape index (κ1) is 21.4. The van der Waals surface area contributed by atoms with Crippen LogP contribution < -0.4 is 14.4 Å². The Morgan fingerprint density at radius 3 is 2.57 bits per heavy atom. The molecule has 1 aliphatic heterocycles. The van der Waals surface area contributed by atoms with Gasteiger partial charge in [0.15, 0.2) is 16.9 Å². The third-order valence-corrected chi connectivity index (χ3v) is 6.09. The first-order valence-electron chi connectivity index (χ1n) is 10.1. The predicted molar refractivity (Wildman–Crippen MR) is 110 cm³/mol. The highest BCUT2D eigenvalue weighted by atomic mass is 16.5. The second-order valence-electron chi connectivity index (χ2n) is 7.92. The molecule has 1 aliphatic carbocycles. The van der Waals surface area contributed by atoms with Crippen LogP contribution in [0.4, 0.5) is 0 Å². The van der Waals surface area contributed by atoms with Gasteiger partial charge >= 0.3 is 0 Å². The molecular weight excluding hydrogens is 378 g/mol. The zero-order valence-electron chi connectivity index (χ0n) is 17.5. The Morgan fingerprint density at radius 2 is 1.97 bits per heavy atom. The maximum atomic E-state index is 10.1. The van der Waals surface area contributed by atoms with Crippen LogP contribution in [0.5, 0.6) is 11.5 Å². The summed E-state index contributed by atoms with van der Waals surface area (Å²) in [6, 6.07) is 11.9. The molecule has 1 heterocycles. The number of quaternary nitrogens is 1. The van der Waals surface area contributed by atoms with E-state index in [0.717, 1.165) is 24.1 Å². The molecule has 7 heteroatoms. The summed E-state index contributed by atoms with van der Waals surface area (Å²) in [6.07, 6.45) is 2.87. The fourth-order valence-electron chi connectivity index (χ4n) is 4.64. The van der Waals surface area contributed by atoms with Crippen molar-refractivity contribution in [3.8, 4) is 29.7 Å². The first-order chi connectivity index (χ1) is 14.5. The number of fused-ring (bicyclic) bond motifs is 1. The number of benzene rings is 1. The van der Waals surface area contributed by atoms with Crippen molar-refractivity contribution < 1.29 is 14.4 Å². The average molecular weight is 404 g/mol. The standard InChI is InChI=1S/C23H25N5O2/c1-4-9-30-19-6-5-15(10-20(19)29-3)21-18-12-28(2)8-7-16(18)17(11-24)22(27)23(21,13-25)14-26/h5-7,10,17-18,21,27H,4,8-9,12H2,1-3H3/p+1/t17-,18+,21+/m1/s1. The zero-order chi connectivity index (χ0) is 21.9. The van der Waals surface area contributed by atoms with Gasteiger partial charge in [-0.15, -0.1) is 0 Å². The highest BCUT2D eigenvalue weighted by Crippen LogP contribution is 2.53. The topological polar surface area (TPSA) is 118 Å². The van der Waals surface area contributed by atoms with Crippen LogP contribution in [0.2, 0.25) is 0 Å². The van der Waals surface area contributed by atoms with E-state index < -0.39 is 17.3 Å². The number of ether oxygens (including phenoxy) is 2. The summed E-state index contributed by atoms with van der Waals surface area (Å²) in [6.45, 7) is 4.01. The number of likely N-dealkylation sites (N-methyl/N-ethyl adjacent to an activating group) is 1. The molecule has 0 spiro atoms. The molecule has 3 rings (SSSR count). The normalized spacial score (nSPS) is 26.9. The van der Waals surface area contributed by atoms with Crippen molar-refractivity contribution in [2.24, 2.45) is 17.3 Å². The van der Waals surface area contributed by atoms with Crippen LogP contribution in [0.25, 0.3) is 0 Å². The minimum atomic E-state index is -1.71. The Labute approximate surface area is 177 Å². The van der Waals surface area contributed by atoms with Gasteiger partial charge in [-0.05, 0) is 35.8 Å². The molecule has 2 N–H and O–H groups in total. The molecule has 1 aromatic carbocycles. The molecule has 4 atom stereocenters. The van der Waals surface area contributed by atoms with Crippen LogP contribution in [0.3, 0.4) is 0 Å². The van der Waals surface area contributed by atoms with Crippen molar-refractivity contribution in [2.75, 3.05) is 33.9 Å². The van der Waals surface area contributed by atoms with Crippen molar-refractivity contribution in [2.45, 2.75) is 19.3 Å². The minimum absolute atomic E-state index is 0.132. The zero-order valence-corrected chi connectivity index (χ0v) is 17.5. The number of nitriles is 3. The largest absolute Gasteiger partial charge is 0.493 e. The molecule has 0 radical (unpaired) electrons. The average Bonchev–Trinajstić information content (AvgIpc) is 2.77. The molecule has 0 bridgehead atoms. The monoisotopic (exact) mass is 404 g/mol. The van der Waals surface area contributed by atoms with Crippen LogP contribution in [-0.2, 0) is 0 Å². The van der Waals surface area contributed by atoms with E-state index in [1.807, 2.05) is 26.1 Å². The van der Waals surface area contributed by atoms with Gasteiger partial charge in [-0.25, -0.2) is 0 Å². The van der Waals surface area contributed by atoms with Crippen molar-refractivity contribution >= 4 is 5.71 Å². The lowest BCUT2D eigenvalue weighted by molar-refractivity contribution is -0.878. The fraction of sp³-hybridized carbons (Fsp3) is 0.478. The van der Waals surface area contributed by atoms with Gasteiger partial charge in [-0.3, -0.25) is 0 Å². The van der Waals surface area contributed by atoms with Crippen LogP contribution in [0, 0.1) is 56.7 Å². The summed E-state index contributed by atoms with van der Waals surface area (Å²) in [7, 11) is 3.60. The molecule has 0 aromatic heterocycles. The van der Waals surface area contributed by atoms with Crippen LogP contribution in [0.15, 0.2) is 29.8 Å². The number of nitrogens with one attached hydrogen (secondary N) is 2. The van der Waals surface area contributed by atoms with E-state index in [1.165, 1.54) is 4.90 Å². The van der Waals surface area contributed by atoms with Crippen molar-refractivity contribution in [1.82, 2.24) is 0 Å². The van der Waals surface area contributed by atoms with Gasteiger partial charge in [0.05, 0.1) is 57.8 Å². The van der Waals surface area contributed by atoms with Crippen molar-refractivity contribution in [1.29, 1.82) is 21.2 Å². The van der Waals surface area contributed by atoms with Crippen LogP contribution in [0.1, 0.15) is 24.8 Å². The molecular formula is C23H26N5O2+. The summed E-state index contributed by atoms with van der Waals surface area (Å²) in [5.74, 6) is -0.468. The lowest BCUT2D eigenvalue weighted by Crippen LogP contribution is -3.10. The molecule has 30 heavy (non-hydrogen) atoms. The third-order valence-electron chi connectivity index (χ3n) is 6.09. The van der Waals surface area contributed by atoms with E-state index in [4.69, 9.17) is 14.9 Å². The van der Waals surface area contributed by atoms with Gasteiger partial charge in [0, 0.05) is 11.8 Å².